The molecule has 126 valence electrons. The molecule has 0 atom stereocenters. The lowest BCUT2D eigenvalue weighted by molar-refractivity contribution is 0.395. The summed E-state index contributed by atoms with van der Waals surface area (Å²) in [5.41, 5.74) is 8.86. The van der Waals surface area contributed by atoms with Crippen LogP contribution in [0.25, 0.3) is 0 Å². The van der Waals surface area contributed by atoms with Gasteiger partial charge in [0.25, 0.3) is 0 Å². The summed E-state index contributed by atoms with van der Waals surface area (Å²) in [6.45, 7) is 17.1. The van der Waals surface area contributed by atoms with Gasteiger partial charge in [0.15, 0.2) is 0 Å². The Bertz CT molecular complexity index is 607. The third-order valence-corrected chi connectivity index (χ3v) is 5.65. The summed E-state index contributed by atoms with van der Waals surface area (Å²) in [4.78, 5) is 0. The Morgan fingerprint density at radius 1 is 0.957 bits per heavy atom. The molecule has 2 rings (SSSR count). The zero-order valence-corrected chi connectivity index (χ0v) is 16.0. The first-order valence-corrected chi connectivity index (χ1v) is 9.00. The van der Waals surface area contributed by atoms with Crippen molar-refractivity contribution >= 4 is 0 Å². The molecule has 1 N–H and O–H groups in total. The highest BCUT2D eigenvalue weighted by Gasteiger charge is 2.31. The molecule has 0 amide bonds. The van der Waals surface area contributed by atoms with Crippen LogP contribution in [0.2, 0.25) is 0 Å². The smallest absolute Gasteiger partial charge is 0.0380 e. The van der Waals surface area contributed by atoms with Gasteiger partial charge >= 0.3 is 0 Å². The Morgan fingerprint density at radius 2 is 1.52 bits per heavy atom. The van der Waals surface area contributed by atoms with Crippen LogP contribution >= 0.6 is 0 Å². The van der Waals surface area contributed by atoms with Crippen molar-refractivity contribution in [2.45, 2.75) is 72.8 Å². The van der Waals surface area contributed by atoms with E-state index < -0.39 is 0 Å². The molecular weight excluding hydrogens is 278 g/mol. The molecule has 0 heterocycles. The zero-order valence-electron chi connectivity index (χ0n) is 16.0. The van der Waals surface area contributed by atoms with Gasteiger partial charge in [-0.3, -0.25) is 0 Å². The number of unbranched alkanes of at least 4 members (excludes halogenated alkanes) is 1. The Balaban J connectivity index is 2.43. The molecule has 0 saturated carbocycles. The van der Waals surface area contributed by atoms with Gasteiger partial charge in [0.2, 0.25) is 0 Å². The van der Waals surface area contributed by atoms with Gasteiger partial charge < -0.3 is 5.32 Å². The van der Waals surface area contributed by atoms with Crippen LogP contribution in [0.15, 0.2) is 46.6 Å². The zero-order chi connectivity index (χ0) is 17.2. The maximum Gasteiger partial charge on any atom is 0.0380 e. The monoisotopic (exact) mass is 311 g/mol. The molecule has 0 fully saturated rings. The molecule has 23 heavy (non-hydrogen) atoms. The van der Waals surface area contributed by atoms with E-state index in [4.69, 9.17) is 0 Å². The van der Waals surface area contributed by atoms with E-state index in [0.717, 1.165) is 6.54 Å². The largest absolute Gasteiger partial charge is 0.308 e. The molecule has 0 radical (unpaired) electrons. The molecule has 0 aromatic heterocycles. The van der Waals surface area contributed by atoms with Crippen LogP contribution in [0, 0.1) is 0 Å². The standard InChI is InChI=1S/C22H33N/c1-8-9-14-23-22(6,7)20-13-11-10-12-19(20)21-17(4)15(2)16(3)18(21)5/h10-13,21,23H,8-9,14H2,1-7H3. The van der Waals surface area contributed by atoms with Crippen LogP contribution in [0.3, 0.4) is 0 Å². The van der Waals surface area contributed by atoms with Crippen molar-refractivity contribution in [2.75, 3.05) is 6.54 Å². The number of hydrogen-bond acceptors (Lipinski definition) is 1. The summed E-state index contributed by atoms with van der Waals surface area (Å²) in [6, 6.07) is 8.99. The van der Waals surface area contributed by atoms with Gasteiger partial charge in [-0.2, -0.15) is 0 Å². The second kappa shape index (κ2) is 7.05. The first-order valence-electron chi connectivity index (χ1n) is 9.00. The fourth-order valence-electron chi connectivity index (χ4n) is 3.81. The van der Waals surface area contributed by atoms with Crippen LogP contribution < -0.4 is 5.32 Å². The van der Waals surface area contributed by atoms with Crippen LogP contribution in [-0.4, -0.2) is 6.54 Å². The molecule has 0 unspecified atom stereocenters. The van der Waals surface area contributed by atoms with E-state index in [1.165, 1.54) is 46.3 Å². The Hall–Kier alpha value is -1.34. The lowest BCUT2D eigenvalue weighted by Crippen LogP contribution is -2.38. The summed E-state index contributed by atoms with van der Waals surface area (Å²) < 4.78 is 0. The minimum atomic E-state index is -0.00325. The minimum absolute atomic E-state index is 0.00325. The van der Waals surface area contributed by atoms with E-state index in [0.29, 0.717) is 5.92 Å². The normalized spacial score (nSPS) is 16.7. The van der Waals surface area contributed by atoms with E-state index >= 15 is 0 Å². The van der Waals surface area contributed by atoms with Crippen LogP contribution in [0.1, 0.15) is 78.4 Å². The molecule has 1 nitrogen and oxygen atoms in total. The predicted molar refractivity (Wildman–Crippen MR) is 102 cm³/mol. The molecule has 1 heteroatoms. The van der Waals surface area contributed by atoms with Gasteiger partial charge in [-0.1, -0.05) is 48.8 Å². The van der Waals surface area contributed by atoms with Gasteiger partial charge in [0.05, 0.1) is 0 Å². The van der Waals surface area contributed by atoms with Crippen molar-refractivity contribution in [2.24, 2.45) is 0 Å². The second-order valence-corrected chi connectivity index (χ2v) is 7.54. The highest BCUT2D eigenvalue weighted by Crippen LogP contribution is 2.45. The maximum absolute atomic E-state index is 3.76. The number of hydrogen-bond donors (Lipinski definition) is 1. The second-order valence-electron chi connectivity index (χ2n) is 7.54. The van der Waals surface area contributed by atoms with E-state index in [2.05, 4.69) is 78.0 Å². The van der Waals surface area contributed by atoms with Crippen molar-refractivity contribution in [3.8, 4) is 0 Å². The Morgan fingerprint density at radius 3 is 2.09 bits per heavy atom. The average Bonchev–Trinajstić information content (AvgIpc) is 2.71. The molecule has 0 saturated heterocycles. The summed E-state index contributed by atoms with van der Waals surface area (Å²) in [7, 11) is 0. The van der Waals surface area contributed by atoms with Crippen LogP contribution in [-0.2, 0) is 5.54 Å². The number of rotatable bonds is 6. The van der Waals surface area contributed by atoms with Gasteiger partial charge in [0, 0.05) is 11.5 Å². The van der Waals surface area contributed by atoms with Gasteiger partial charge in [-0.05, 0) is 76.8 Å². The lowest BCUT2D eigenvalue weighted by atomic mass is 9.80. The third-order valence-electron chi connectivity index (χ3n) is 5.65. The van der Waals surface area contributed by atoms with Crippen molar-refractivity contribution in [1.29, 1.82) is 0 Å². The molecule has 1 aliphatic carbocycles. The van der Waals surface area contributed by atoms with Crippen molar-refractivity contribution < 1.29 is 0 Å². The topological polar surface area (TPSA) is 12.0 Å². The predicted octanol–water partition coefficient (Wildman–Crippen LogP) is 6.08. The minimum Gasteiger partial charge on any atom is -0.308 e. The van der Waals surface area contributed by atoms with Gasteiger partial charge in [-0.25, -0.2) is 0 Å². The molecule has 0 aliphatic heterocycles. The van der Waals surface area contributed by atoms with E-state index in [1.807, 2.05) is 0 Å². The summed E-state index contributed by atoms with van der Waals surface area (Å²) in [5.74, 6) is 0.443. The highest BCUT2D eigenvalue weighted by molar-refractivity contribution is 5.55. The lowest BCUT2D eigenvalue weighted by Gasteiger charge is -2.32. The maximum atomic E-state index is 3.76. The fourth-order valence-corrected chi connectivity index (χ4v) is 3.81. The fraction of sp³-hybridized carbons (Fsp3) is 0.545. The van der Waals surface area contributed by atoms with Crippen LogP contribution in [0.5, 0.6) is 0 Å². The molecule has 1 aliphatic rings. The van der Waals surface area contributed by atoms with Crippen molar-refractivity contribution in [3.63, 3.8) is 0 Å². The summed E-state index contributed by atoms with van der Waals surface area (Å²) in [6.07, 6.45) is 2.46. The molecule has 1 aromatic rings. The molecule has 0 spiro atoms. The van der Waals surface area contributed by atoms with Crippen molar-refractivity contribution in [1.82, 2.24) is 5.32 Å². The van der Waals surface area contributed by atoms with Gasteiger partial charge in [0.1, 0.15) is 0 Å². The third kappa shape index (κ3) is 3.45. The summed E-state index contributed by atoms with van der Waals surface area (Å²) in [5, 5.41) is 3.76. The first-order chi connectivity index (χ1) is 10.8. The van der Waals surface area contributed by atoms with Crippen molar-refractivity contribution in [3.05, 3.63) is 57.7 Å². The quantitative estimate of drug-likeness (QED) is 0.628. The van der Waals surface area contributed by atoms with E-state index in [-0.39, 0.29) is 5.54 Å². The first kappa shape index (κ1) is 18.0. The van der Waals surface area contributed by atoms with Crippen LogP contribution in [0.4, 0.5) is 0 Å². The number of allylic oxidation sites excluding steroid dienone is 4. The average molecular weight is 312 g/mol. The molecule has 1 aromatic carbocycles. The number of nitrogens with one attached hydrogen (secondary N) is 1. The number of benzene rings is 1. The van der Waals surface area contributed by atoms with E-state index in [1.54, 1.807) is 0 Å². The van der Waals surface area contributed by atoms with E-state index in [9.17, 15) is 0 Å². The van der Waals surface area contributed by atoms with Gasteiger partial charge in [-0.15, -0.1) is 0 Å². The Labute approximate surface area is 142 Å². The molecular formula is C22H33N. The molecule has 0 bridgehead atoms. The summed E-state index contributed by atoms with van der Waals surface area (Å²) >= 11 is 0. The SMILES string of the molecule is CCCCNC(C)(C)c1ccccc1C1C(C)=C(C)C(C)=C1C. The highest BCUT2D eigenvalue weighted by atomic mass is 14.9. The Kier molecular flexibility index (Phi) is 5.52.